The van der Waals surface area contributed by atoms with E-state index < -0.39 is 0 Å². The third-order valence-electron chi connectivity index (χ3n) is 3.49. The van der Waals surface area contributed by atoms with Gasteiger partial charge in [0.1, 0.15) is 0 Å². The van der Waals surface area contributed by atoms with Gasteiger partial charge in [0.25, 0.3) is 0 Å². The fourth-order valence-corrected chi connectivity index (χ4v) is 2.37. The third kappa shape index (κ3) is 3.11. The lowest BCUT2D eigenvalue weighted by atomic mass is 10.2. The van der Waals surface area contributed by atoms with Crippen LogP contribution in [0.5, 0.6) is 0 Å². The van der Waals surface area contributed by atoms with Crippen molar-refractivity contribution in [2.45, 2.75) is 6.92 Å². The Balaban J connectivity index is 0.00000133. The molecule has 3 nitrogen and oxygen atoms in total. The highest BCUT2D eigenvalue weighted by atomic mass is 35.5. The average Bonchev–Trinajstić information content (AvgIpc) is 2.90. The van der Waals surface area contributed by atoms with Gasteiger partial charge in [-0.25, -0.2) is 0 Å². The van der Waals surface area contributed by atoms with Gasteiger partial charge in [-0.3, -0.25) is 0 Å². The molecular formula is C15H20ClN3. The maximum Gasteiger partial charge on any atom is 0.0550 e. The number of piperazine rings is 1. The van der Waals surface area contributed by atoms with Crippen LogP contribution in [0.3, 0.4) is 0 Å². The normalized spacial score (nSPS) is 15.1. The summed E-state index contributed by atoms with van der Waals surface area (Å²) < 4.78 is 2.19. The Hall–Kier alpha value is -1.45. The largest absolute Gasteiger partial charge is 0.368 e. The molecule has 1 aliphatic rings. The molecule has 1 N–H and O–H groups in total. The maximum atomic E-state index is 3.38. The van der Waals surface area contributed by atoms with Crippen molar-refractivity contribution in [2.75, 3.05) is 31.1 Å². The van der Waals surface area contributed by atoms with Crippen LogP contribution in [-0.4, -0.2) is 30.7 Å². The molecule has 0 saturated carbocycles. The minimum atomic E-state index is 0. The number of aromatic nitrogens is 1. The molecule has 1 aromatic heterocycles. The zero-order chi connectivity index (χ0) is 12.4. The second kappa shape index (κ2) is 6.13. The smallest absolute Gasteiger partial charge is 0.0550 e. The van der Waals surface area contributed by atoms with Crippen LogP contribution in [0.2, 0.25) is 0 Å². The molecule has 1 saturated heterocycles. The quantitative estimate of drug-likeness (QED) is 0.911. The third-order valence-corrected chi connectivity index (χ3v) is 3.49. The number of halogens is 1. The number of benzene rings is 1. The van der Waals surface area contributed by atoms with Crippen LogP contribution in [0.4, 0.5) is 5.69 Å². The van der Waals surface area contributed by atoms with Gasteiger partial charge in [-0.1, -0.05) is 17.7 Å². The second-order valence-corrected chi connectivity index (χ2v) is 4.85. The Morgan fingerprint density at radius 1 is 0.947 bits per heavy atom. The lowest BCUT2D eigenvalue weighted by Crippen LogP contribution is -2.43. The van der Waals surface area contributed by atoms with Gasteiger partial charge in [0.15, 0.2) is 0 Å². The number of rotatable bonds is 2. The highest BCUT2D eigenvalue weighted by Gasteiger charge is 2.11. The van der Waals surface area contributed by atoms with Gasteiger partial charge in [-0.2, -0.15) is 0 Å². The van der Waals surface area contributed by atoms with E-state index in [-0.39, 0.29) is 12.4 Å². The fraction of sp³-hybridized carbons (Fsp3) is 0.333. The molecule has 0 atom stereocenters. The Morgan fingerprint density at radius 2 is 1.63 bits per heavy atom. The summed E-state index contributed by atoms with van der Waals surface area (Å²) in [5.41, 5.74) is 3.84. The molecule has 0 unspecified atom stereocenters. The second-order valence-electron chi connectivity index (χ2n) is 4.85. The lowest BCUT2D eigenvalue weighted by molar-refractivity contribution is 0.589. The molecule has 0 aliphatic carbocycles. The first-order valence-corrected chi connectivity index (χ1v) is 6.54. The monoisotopic (exact) mass is 277 g/mol. The van der Waals surface area contributed by atoms with E-state index in [1.165, 1.54) is 16.9 Å². The van der Waals surface area contributed by atoms with Gasteiger partial charge in [-0.05, 0) is 25.1 Å². The number of nitrogens with one attached hydrogen (secondary N) is 1. The van der Waals surface area contributed by atoms with Crippen LogP contribution in [0.25, 0.3) is 5.69 Å². The SMILES string of the molecule is Cc1ccc(-n2ccc(N3CCNCC3)c2)cc1.Cl. The minimum Gasteiger partial charge on any atom is -0.368 e. The minimum absolute atomic E-state index is 0. The van der Waals surface area contributed by atoms with Crippen molar-refractivity contribution >= 4 is 18.1 Å². The van der Waals surface area contributed by atoms with Crippen molar-refractivity contribution in [1.82, 2.24) is 9.88 Å². The summed E-state index contributed by atoms with van der Waals surface area (Å²) in [6, 6.07) is 10.8. The predicted octanol–water partition coefficient (Wildman–Crippen LogP) is 2.62. The Labute approximate surface area is 120 Å². The fourth-order valence-electron chi connectivity index (χ4n) is 2.37. The highest BCUT2D eigenvalue weighted by Crippen LogP contribution is 2.19. The molecule has 1 aliphatic heterocycles. The van der Waals surface area contributed by atoms with Gasteiger partial charge in [-0.15, -0.1) is 12.4 Å². The van der Waals surface area contributed by atoms with Crippen molar-refractivity contribution in [3.63, 3.8) is 0 Å². The summed E-state index contributed by atoms with van der Waals surface area (Å²) in [6.07, 6.45) is 4.36. The molecule has 0 bridgehead atoms. The first kappa shape index (κ1) is 14.0. The van der Waals surface area contributed by atoms with E-state index in [9.17, 15) is 0 Å². The summed E-state index contributed by atoms with van der Waals surface area (Å²) >= 11 is 0. The first-order chi connectivity index (χ1) is 8.83. The van der Waals surface area contributed by atoms with E-state index in [1.807, 2.05) is 0 Å². The molecule has 0 radical (unpaired) electrons. The van der Waals surface area contributed by atoms with E-state index in [2.05, 4.69) is 64.4 Å². The van der Waals surface area contributed by atoms with Crippen molar-refractivity contribution in [3.05, 3.63) is 48.3 Å². The van der Waals surface area contributed by atoms with E-state index in [0.29, 0.717) is 0 Å². The average molecular weight is 278 g/mol. The number of anilines is 1. The molecule has 0 amide bonds. The number of hydrogen-bond acceptors (Lipinski definition) is 2. The molecule has 2 aromatic rings. The molecule has 1 fully saturated rings. The van der Waals surface area contributed by atoms with E-state index in [1.54, 1.807) is 0 Å². The molecule has 4 heteroatoms. The Bertz CT molecular complexity index is 512. The first-order valence-electron chi connectivity index (χ1n) is 6.54. The topological polar surface area (TPSA) is 20.2 Å². The van der Waals surface area contributed by atoms with Gasteiger partial charge < -0.3 is 14.8 Å². The van der Waals surface area contributed by atoms with Crippen LogP contribution in [0.15, 0.2) is 42.7 Å². The molecule has 3 rings (SSSR count). The highest BCUT2D eigenvalue weighted by molar-refractivity contribution is 5.85. The Morgan fingerprint density at radius 3 is 2.32 bits per heavy atom. The molecule has 19 heavy (non-hydrogen) atoms. The lowest BCUT2D eigenvalue weighted by Gasteiger charge is -2.28. The Kier molecular flexibility index (Phi) is 4.51. The summed E-state index contributed by atoms with van der Waals surface area (Å²) in [5, 5.41) is 3.38. The summed E-state index contributed by atoms with van der Waals surface area (Å²) in [4.78, 5) is 2.43. The van der Waals surface area contributed by atoms with Gasteiger partial charge in [0, 0.05) is 44.3 Å². The number of hydrogen-bond donors (Lipinski definition) is 1. The number of nitrogens with zero attached hydrogens (tertiary/aromatic N) is 2. The van der Waals surface area contributed by atoms with Crippen molar-refractivity contribution in [1.29, 1.82) is 0 Å². The van der Waals surface area contributed by atoms with E-state index in [0.717, 1.165) is 26.2 Å². The van der Waals surface area contributed by atoms with E-state index in [4.69, 9.17) is 0 Å². The molecule has 102 valence electrons. The number of aryl methyl sites for hydroxylation is 1. The van der Waals surface area contributed by atoms with Crippen LogP contribution in [0, 0.1) is 6.92 Å². The summed E-state index contributed by atoms with van der Waals surface area (Å²) in [6.45, 7) is 6.47. The molecular weight excluding hydrogens is 258 g/mol. The summed E-state index contributed by atoms with van der Waals surface area (Å²) in [5.74, 6) is 0. The van der Waals surface area contributed by atoms with Crippen LogP contribution in [0.1, 0.15) is 5.56 Å². The zero-order valence-electron chi connectivity index (χ0n) is 11.2. The zero-order valence-corrected chi connectivity index (χ0v) is 12.0. The van der Waals surface area contributed by atoms with Gasteiger partial charge in [0.2, 0.25) is 0 Å². The van der Waals surface area contributed by atoms with Crippen molar-refractivity contribution < 1.29 is 0 Å². The molecule has 2 heterocycles. The van der Waals surface area contributed by atoms with Crippen LogP contribution >= 0.6 is 12.4 Å². The van der Waals surface area contributed by atoms with Crippen LogP contribution in [-0.2, 0) is 0 Å². The summed E-state index contributed by atoms with van der Waals surface area (Å²) in [7, 11) is 0. The maximum absolute atomic E-state index is 3.38. The molecule has 1 aromatic carbocycles. The predicted molar refractivity (Wildman–Crippen MR) is 82.8 cm³/mol. The van der Waals surface area contributed by atoms with E-state index >= 15 is 0 Å². The van der Waals surface area contributed by atoms with Gasteiger partial charge >= 0.3 is 0 Å². The van der Waals surface area contributed by atoms with Crippen molar-refractivity contribution in [2.24, 2.45) is 0 Å². The van der Waals surface area contributed by atoms with Crippen molar-refractivity contribution in [3.8, 4) is 5.69 Å². The standard InChI is InChI=1S/C15H19N3.ClH/c1-13-2-4-14(5-3-13)18-9-6-15(12-18)17-10-7-16-8-11-17;/h2-6,9,12,16H,7-8,10-11H2,1H3;1H. The molecule has 0 spiro atoms. The van der Waals surface area contributed by atoms with Gasteiger partial charge in [0.05, 0.1) is 5.69 Å². The van der Waals surface area contributed by atoms with Crippen LogP contribution < -0.4 is 10.2 Å².